The minimum atomic E-state index is -2.97. The Morgan fingerprint density at radius 2 is 1.91 bits per heavy atom. The Bertz CT molecular complexity index is 939. The van der Waals surface area contributed by atoms with Gasteiger partial charge in [-0.1, -0.05) is 87.3 Å². The number of alkyl halides is 4. The molecule has 12 heteroatoms. The molecule has 1 aromatic carbocycles. The van der Waals surface area contributed by atoms with Crippen LogP contribution in [0.5, 0.6) is 0 Å². The van der Waals surface area contributed by atoms with Crippen LogP contribution in [-0.4, -0.2) is 46.4 Å². The molecule has 0 saturated heterocycles. The molecule has 0 spiro atoms. The Kier molecular flexibility index (Phi) is 9.67. The molecule has 0 heterocycles. The van der Waals surface area contributed by atoms with E-state index in [0.717, 1.165) is 26.0 Å². The van der Waals surface area contributed by atoms with Crippen molar-refractivity contribution in [3.8, 4) is 0 Å². The third kappa shape index (κ3) is 6.08. The van der Waals surface area contributed by atoms with Gasteiger partial charge in [-0.2, -0.15) is 0 Å². The number of carbonyl (C=O) groups is 2. The molecule has 6 nitrogen and oxygen atoms in total. The Morgan fingerprint density at radius 3 is 2.50 bits per heavy atom. The van der Waals surface area contributed by atoms with Gasteiger partial charge in [-0.05, 0) is 30.7 Å². The molecule has 2 rings (SSSR count). The summed E-state index contributed by atoms with van der Waals surface area (Å²) in [6.45, 7) is 2.11. The molecule has 1 aliphatic carbocycles. The van der Waals surface area contributed by atoms with Crippen LogP contribution in [0.3, 0.4) is 0 Å². The summed E-state index contributed by atoms with van der Waals surface area (Å²) in [5, 5.41) is 0.784. The Hall–Kier alpha value is -1.06. The van der Waals surface area contributed by atoms with Crippen LogP contribution in [0.4, 0.5) is 4.39 Å². The summed E-state index contributed by atoms with van der Waals surface area (Å²) in [4.78, 5) is 30.1. The van der Waals surface area contributed by atoms with Gasteiger partial charge in [0.1, 0.15) is 12.8 Å². The summed E-state index contributed by atoms with van der Waals surface area (Å²) in [6, 6.07) is 3.99. The van der Waals surface area contributed by atoms with Crippen LogP contribution in [0.1, 0.15) is 36.5 Å². The third-order valence-corrected chi connectivity index (χ3v) is 6.59. The largest absolute Gasteiger partial charge is 0.462 e. The molecule has 1 aliphatic rings. The molecule has 1 aromatic rings. The fourth-order valence-corrected chi connectivity index (χ4v) is 4.76. The number of unbranched alkanes of at least 4 members (excludes halogenated alkanes) is 2. The molecule has 0 saturated carbocycles. The van der Waals surface area contributed by atoms with Crippen LogP contribution in [0.15, 0.2) is 35.0 Å². The zero-order chi connectivity index (χ0) is 24.1. The highest BCUT2D eigenvalue weighted by molar-refractivity contribution is 9.10. The van der Waals surface area contributed by atoms with Crippen molar-refractivity contribution in [2.24, 2.45) is 5.16 Å². The quantitative estimate of drug-likeness (QED) is 0.150. The molecule has 0 aromatic heterocycles. The molecule has 3 atom stereocenters. The molecule has 32 heavy (non-hydrogen) atoms. The number of oxime groups is 1. The maximum absolute atomic E-state index is 15.6. The molecule has 0 unspecified atom stereocenters. The number of halogens is 6. The van der Waals surface area contributed by atoms with Gasteiger partial charge < -0.3 is 14.3 Å². The lowest BCUT2D eigenvalue weighted by Crippen LogP contribution is -2.57. The van der Waals surface area contributed by atoms with Gasteiger partial charge in [0.2, 0.25) is 0 Å². The standard InChI is InChI=1S/C20H19BrCl4FNO5/c1-3-4-5-8-31-17(29)13-10-15(27-30-2)20(25,26)18(19(13,21)24)32-16(28)12-7-6-11(22)9-14(12)23/h6-7,9-10,18H,3-5,8H2,1-2H3/t18-,19-,20+/m1/s1. The van der Waals surface area contributed by atoms with E-state index in [0.29, 0.717) is 6.42 Å². The van der Waals surface area contributed by atoms with Crippen LogP contribution in [0, 0.1) is 0 Å². The Labute approximate surface area is 213 Å². The van der Waals surface area contributed by atoms with E-state index in [9.17, 15) is 9.59 Å². The number of allylic oxidation sites excluding steroid dienone is 1. The number of hydrogen-bond acceptors (Lipinski definition) is 6. The average Bonchev–Trinajstić information content (AvgIpc) is 2.70. The molecule has 176 valence electrons. The molecular weight excluding hydrogens is 575 g/mol. The van der Waals surface area contributed by atoms with Gasteiger partial charge in [-0.15, -0.1) is 0 Å². The SMILES string of the molecule is CCCCCOC(=O)C1=CC(=NOC)[C@@](F)(Cl)[C@H](OC(=O)c2ccc(Cl)cc2Cl)[C@@]1(Cl)Br. The molecule has 0 radical (unpaired) electrons. The zero-order valence-electron chi connectivity index (χ0n) is 17.0. The number of nitrogens with zero attached hydrogens (tertiary/aromatic N) is 1. The van der Waals surface area contributed by atoms with E-state index in [2.05, 4.69) is 25.9 Å². The smallest absolute Gasteiger partial charge is 0.340 e. The van der Waals surface area contributed by atoms with Crippen LogP contribution >= 0.6 is 62.3 Å². The molecule has 0 aliphatic heterocycles. The van der Waals surface area contributed by atoms with E-state index in [-0.39, 0.29) is 27.8 Å². The van der Waals surface area contributed by atoms with Crippen molar-refractivity contribution < 1.29 is 28.3 Å². The number of benzene rings is 1. The lowest BCUT2D eigenvalue weighted by atomic mass is 9.92. The lowest BCUT2D eigenvalue weighted by Gasteiger charge is -2.40. The third-order valence-electron chi connectivity index (χ3n) is 4.41. The first-order chi connectivity index (χ1) is 15.0. The highest BCUT2D eigenvalue weighted by Gasteiger charge is 2.62. The summed E-state index contributed by atoms with van der Waals surface area (Å²) in [7, 11) is 1.15. The minimum absolute atomic E-state index is 0.0380. The average molecular weight is 594 g/mol. The van der Waals surface area contributed by atoms with Crippen molar-refractivity contribution in [3.63, 3.8) is 0 Å². The first-order valence-electron chi connectivity index (χ1n) is 9.39. The molecule has 0 fully saturated rings. The minimum Gasteiger partial charge on any atom is -0.462 e. The van der Waals surface area contributed by atoms with E-state index in [1.165, 1.54) is 18.2 Å². The van der Waals surface area contributed by atoms with E-state index in [1.54, 1.807) is 0 Å². The second kappa shape index (κ2) is 11.4. The topological polar surface area (TPSA) is 74.2 Å². The van der Waals surface area contributed by atoms with Crippen molar-refractivity contribution in [3.05, 3.63) is 45.5 Å². The second-order valence-electron chi connectivity index (χ2n) is 6.72. The van der Waals surface area contributed by atoms with Crippen molar-refractivity contribution in [2.45, 2.75) is 41.2 Å². The molecule has 0 amide bonds. The second-order valence-corrected chi connectivity index (χ2v) is 10.4. The van der Waals surface area contributed by atoms with Crippen molar-refractivity contribution in [2.75, 3.05) is 13.7 Å². The predicted molar refractivity (Wildman–Crippen MR) is 126 cm³/mol. The summed E-state index contributed by atoms with van der Waals surface area (Å²) in [5.74, 6) is -1.92. The first-order valence-corrected chi connectivity index (χ1v) is 11.7. The maximum Gasteiger partial charge on any atom is 0.340 e. The van der Waals surface area contributed by atoms with Gasteiger partial charge in [-0.3, -0.25) is 0 Å². The van der Waals surface area contributed by atoms with Crippen molar-refractivity contribution >= 4 is 80.0 Å². The summed E-state index contributed by atoms with van der Waals surface area (Å²) < 4.78 is 24.1. The molecule has 0 N–H and O–H groups in total. The summed E-state index contributed by atoms with van der Waals surface area (Å²) in [5.41, 5.74) is -0.940. The molecular formula is C20H19BrCl4FNO5. The predicted octanol–water partition coefficient (Wildman–Crippen LogP) is 6.43. The van der Waals surface area contributed by atoms with Gasteiger partial charge in [0.05, 0.1) is 22.8 Å². The number of esters is 2. The monoisotopic (exact) mass is 591 g/mol. The molecule has 0 bridgehead atoms. The maximum atomic E-state index is 15.6. The van der Waals surface area contributed by atoms with Gasteiger partial charge in [0.15, 0.2) is 9.89 Å². The number of rotatable bonds is 8. The van der Waals surface area contributed by atoms with Gasteiger partial charge in [-0.25, -0.2) is 14.0 Å². The van der Waals surface area contributed by atoms with Gasteiger partial charge in [0.25, 0.3) is 5.13 Å². The number of ether oxygens (including phenoxy) is 2. The number of carbonyl (C=O) groups excluding carboxylic acids is 2. The van der Waals surface area contributed by atoms with E-state index in [1.807, 2.05) is 6.92 Å². The Morgan fingerprint density at radius 1 is 1.22 bits per heavy atom. The van der Waals surface area contributed by atoms with Gasteiger partial charge >= 0.3 is 11.9 Å². The van der Waals surface area contributed by atoms with Crippen LogP contribution in [0.2, 0.25) is 10.0 Å². The fourth-order valence-electron chi connectivity index (χ4n) is 2.78. The fraction of sp³-hybridized carbons (Fsp3) is 0.450. The van der Waals surface area contributed by atoms with E-state index in [4.69, 9.17) is 55.9 Å². The number of hydrogen-bond donors (Lipinski definition) is 0. The lowest BCUT2D eigenvalue weighted by molar-refractivity contribution is -0.139. The van der Waals surface area contributed by atoms with Crippen molar-refractivity contribution in [1.82, 2.24) is 0 Å². The van der Waals surface area contributed by atoms with Crippen molar-refractivity contribution in [1.29, 1.82) is 0 Å². The highest BCUT2D eigenvalue weighted by atomic mass is 79.9. The van der Waals surface area contributed by atoms with E-state index < -0.39 is 32.7 Å². The first kappa shape index (κ1) is 27.2. The van der Waals surface area contributed by atoms with E-state index >= 15 is 4.39 Å². The van der Waals surface area contributed by atoms with Crippen LogP contribution < -0.4 is 0 Å². The van der Waals surface area contributed by atoms with Crippen LogP contribution in [-0.2, 0) is 19.1 Å². The summed E-state index contributed by atoms with van der Waals surface area (Å²) in [6.07, 6.45) is 1.41. The zero-order valence-corrected chi connectivity index (χ0v) is 21.6. The highest BCUT2D eigenvalue weighted by Crippen LogP contribution is 2.50. The summed E-state index contributed by atoms with van der Waals surface area (Å²) >= 11 is 27.5. The Balaban J connectivity index is 2.42. The normalized spacial score (nSPS) is 26.4. The van der Waals surface area contributed by atoms with Crippen LogP contribution in [0.25, 0.3) is 0 Å². The van der Waals surface area contributed by atoms with Gasteiger partial charge in [0, 0.05) is 5.02 Å².